The molecule has 0 aliphatic carbocycles. The number of ether oxygens (including phenoxy) is 1. The van der Waals surface area contributed by atoms with Gasteiger partial charge in [-0.05, 0) is 41.0 Å². The standard InChI is InChI=1S/C22H33BrN6O2Si/c1-5-28(9-10-30)19-8-6-7-17(27-19)13-24-21-20-18(23)14-29(22(20)26-15-25-21)16-31-11-12-32(2,3)4/h6-8,14-15,30H,5,9-13,16H2,1-4H3,(H,24,25,26). The Morgan fingerprint density at radius 2 is 2.06 bits per heavy atom. The van der Waals surface area contributed by atoms with Crippen LogP contribution in [0.25, 0.3) is 11.0 Å². The highest BCUT2D eigenvalue weighted by Gasteiger charge is 2.15. The summed E-state index contributed by atoms with van der Waals surface area (Å²) in [5.41, 5.74) is 1.72. The lowest BCUT2D eigenvalue weighted by Gasteiger charge is -2.21. The summed E-state index contributed by atoms with van der Waals surface area (Å²) in [6, 6.07) is 7.06. The summed E-state index contributed by atoms with van der Waals surface area (Å²) in [5, 5.41) is 13.6. The molecule has 0 aliphatic rings. The molecule has 0 aromatic carbocycles. The smallest absolute Gasteiger partial charge is 0.148 e. The molecule has 2 N–H and O–H groups in total. The summed E-state index contributed by atoms with van der Waals surface area (Å²) in [5.74, 6) is 1.61. The molecule has 0 aliphatic heterocycles. The third-order valence-corrected chi connectivity index (χ3v) is 7.44. The fraction of sp³-hybridized carbons (Fsp3) is 0.500. The number of aromatic nitrogens is 4. The van der Waals surface area contributed by atoms with E-state index in [-0.39, 0.29) is 6.61 Å². The molecule has 0 saturated carbocycles. The Kier molecular flexibility index (Phi) is 8.63. The summed E-state index contributed by atoms with van der Waals surface area (Å²) in [7, 11) is -1.11. The van der Waals surface area contributed by atoms with Crippen molar-refractivity contribution in [2.45, 2.75) is 45.9 Å². The minimum Gasteiger partial charge on any atom is -0.395 e. The minimum atomic E-state index is -1.11. The first-order valence-corrected chi connectivity index (χ1v) is 15.4. The number of likely N-dealkylation sites (N-methyl/N-ethyl adjacent to an activating group) is 1. The topological polar surface area (TPSA) is 88.3 Å². The van der Waals surface area contributed by atoms with Crippen LogP contribution < -0.4 is 10.2 Å². The van der Waals surface area contributed by atoms with E-state index in [9.17, 15) is 5.11 Å². The van der Waals surface area contributed by atoms with Crippen LogP contribution in [0, 0.1) is 0 Å². The van der Waals surface area contributed by atoms with Gasteiger partial charge in [0.05, 0.1) is 24.2 Å². The normalized spacial score (nSPS) is 11.8. The number of pyridine rings is 1. The molecule has 3 aromatic heterocycles. The van der Waals surface area contributed by atoms with Gasteiger partial charge in [-0.2, -0.15) is 0 Å². The quantitative estimate of drug-likeness (QED) is 0.271. The van der Waals surface area contributed by atoms with Crippen LogP contribution >= 0.6 is 15.9 Å². The van der Waals surface area contributed by atoms with E-state index in [0.717, 1.165) is 52.0 Å². The molecule has 32 heavy (non-hydrogen) atoms. The van der Waals surface area contributed by atoms with E-state index in [2.05, 4.69) is 57.8 Å². The Labute approximate surface area is 199 Å². The molecule has 0 fully saturated rings. The van der Waals surface area contributed by atoms with Gasteiger partial charge in [0, 0.05) is 38.4 Å². The van der Waals surface area contributed by atoms with E-state index in [4.69, 9.17) is 9.72 Å². The van der Waals surface area contributed by atoms with Crippen molar-refractivity contribution in [2.75, 3.05) is 36.5 Å². The molecule has 0 radical (unpaired) electrons. The summed E-state index contributed by atoms with van der Waals surface area (Å²) in [6.45, 7) is 12.3. The van der Waals surface area contributed by atoms with E-state index < -0.39 is 8.07 Å². The second kappa shape index (κ2) is 11.2. The second-order valence-electron chi connectivity index (χ2n) is 8.86. The fourth-order valence-corrected chi connectivity index (χ4v) is 4.69. The van der Waals surface area contributed by atoms with Crippen molar-refractivity contribution in [1.29, 1.82) is 0 Å². The SMILES string of the molecule is CCN(CCO)c1cccc(CNc2ncnc3c2c(Br)cn3COCC[Si](C)(C)C)n1. The summed E-state index contributed by atoms with van der Waals surface area (Å²) in [4.78, 5) is 15.7. The molecule has 0 spiro atoms. The average molecular weight is 522 g/mol. The van der Waals surface area contributed by atoms with Crippen LogP contribution in [0.3, 0.4) is 0 Å². The van der Waals surface area contributed by atoms with Gasteiger partial charge < -0.3 is 24.6 Å². The fourth-order valence-electron chi connectivity index (χ4n) is 3.32. The van der Waals surface area contributed by atoms with E-state index in [1.54, 1.807) is 6.33 Å². The maximum atomic E-state index is 9.27. The average Bonchev–Trinajstić information content (AvgIpc) is 3.09. The zero-order valence-corrected chi connectivity index (χ0v) is 21.9. The molecule has 10 heteroatoms. The third kappa shape index (κ3) is 6.50. The molecule has 0 atom stereocenters. The maximum absolute atomic E-state index is 9.27. The lowest BCUT2D eigenvalue weighted by molar-refractivity contribution is 0.0898. The molecule has 0 bridgehead atoms. The molecule has 8 nitrogen and oxygen atoms in total. The van der Waals surface area contributed by atoms with Gasteiger partial charge in [-0.1, -0.05) is 25.7 Å². The third-order valence-electron chi connectivity index (χ3n) is 5.14. The number of halogens is 1. The lowest BCUT2D eigenvalue weighted by atomic mass is 10.3. The molecular formula is C22H33BrN6O2Si. The zero-order valence-electron chi connectivity index (χ0n) is 19.3. The lowest BCUT2D eigenvalue weighted by Crippen LogP contribution is -2.27. The minimum absolute atomic E-state index is 0.101. The van der Waals surface area contributed by atoms with Gasteiger partial charge in [0.2, 0.25) is 0 Å². The van der Waals surface area contributed by atoms with Crippen LogP contribution in [0.2, 0.25) is 25.7 Å². The van der Waals surface area contributed by atoms with Crippen molar-refractivity contribution in [3.05, 3.63) is 40.9 Å². The van der Waals surface area contributed by atoms with E-state index in [1.165, 1.54) is 0 Å². The summed E-state index contributed by atoms with van der Waals surface area (Å²) in [6.07, 6.45) is 3.56. The maximum Gasteiger partial charge on any atom is 0.148 e. The Hall–Kier alpha value is -2.01. The highest BCUT2D eigenvalue weighted by atomic mass is 79.9. The van der Waals surface area contributed by atoms with Gasteiger partial charge in [0.15, 0.2) is 0 Å². The van der Waals surface area contributed by atoms with Gasteiger partial charge in [-0.3, -0.25) is 0 Å². The summed E-state index contributed by atoms with van der Waals surface area (Å²) >= 11 is 3.66. The molecule has 0 amide bonds. The van der Waals surface area contributed by atoms with Crippen molar-refractivity contribution >= 4 is 46.7 Å². The number of aliphatic hydroxyl groups is 1. The van der Waals surface area contributed by atoms with Crippen LogP contribution in [-0.2, 0) is 18.0 Å². The van der Waals surface area contributed by atoms with E-state index >= 15 is 0 Å². The highest BCUT2D eigenvalue weighted by molar-refractivity contribution is 9.10. The van der Waals surface area contributed by atoms with Gasteiger partial charge in [0.1, 0.15) is 30.3 Å². The molecule has 0 unspecified atom stereocenters. The molecular weight excluding hydrogens is 488 g/mol. The largest absolute Gasteiger partial charge is 0.395 e. The number of rotatable bonds is 12. The van der Waals surface area contributed by atoms with E-state index in [0.29, 0.717) is 19.8 Å². The first-order chi connectivity index (χ1) is 15.3. The van der Waals surface area contributed by atoms with Crippen molar-refractivity contribution in [3.8, 4) is 0 Å². The first kappa shape index (κ1) is 24.6. The molecule has 174 valence electrons. The number of fused-ring (bicyclic) bond motifs is 1. The summed E-state index contributed by atoms with van der Waals surface area (Å²) < 4.78 is 8.84. The van der Waals surface area contributed by atoms with Gasteiger partial charge in [-0.15, -0.1) is 0 Å². The van der Waals surface area contributed by atoms with Crippen molar-refractivity contribution in [1.82, 2.24) is 19.5 Å². The number of nitrogens with zero attached hydrogens (tertiary/aromatic N) is 5. The van der Waals surface area contributed by atoms with Crippen molar-refractivity contribution in [3.63, 3.8) is 0 Å². The van der Waals surface area contributed by atoms with Crippen LogP contribution in [-0.4, -0.2) is 59.0 Å². The highest BCUT2D eigenvalue weighted by Crippen LogP contribution is 2.30. The van der Waals surface area contributed by atoms with Crippen molar-refractivity contribution in [2.24, 2.45) is 0 Å². The number of nitrogens with one attached hydrogen (secondary N) is 1. The number of anilines is 2. The Bertz CT molecular complexity index is 1020. The Morgan fingerprint density at radius 3 is 2.78 bits per heavy atom. The molecule has 0 saturated heterocycles. The number of hydrogen-bond acceptors (Lipinski definition) is 7. The van der Waals surface area contributed by atoms with Crippen LogP contribution in [0.15, 0.2) is 35.2 Å². The second-order valence-corrected chi connectivity index (χ2v) is 15.3. The molecule has 3 rings (SSSR count). The number of aliphatic hydroxyl groups excluding tert-OH is 1. The zero-order chi connectivity index (χ0) is 23.1. The van der Waals surface area contributed by atoms with Crippen molar-refractivity contribution < 1.29 is 9.84 Å². The van der Waals surface area contributed by atoms with Gasteiger partial charge in [-0.25, -0.2) is 15.0 Å². The van der Waals surface area contributed by atoms with Gasteiger partial charge in [0.25, 0.3) is 0 Å². The van der Waals surface area contributed by atoms with Crippen LogP contribution in [0.4, 0.5) is 11.6 Å². The van der Waals surface area contributed by atoms with E-state index in [1.807, 2.05) is 33.9 Å². The predicted molar refractivity (Wildman–Crippen MR) is 136 cm³/mol. The number of hydrogen-bond donors (Lipinski definition) is 2. The van der Waals surface area contributed by atoms with Crippen LogP contribution in [0.1, 0.15) is 12.6 Å². The molecule has 3 aromatic rings. The monoisotopic (exact) mass is 520 g/mol. The van der Waals surface area contributed by atoms with Crippen LogP contribution in [0.5, 0.6) is 0 Å². The molecule has 3 heterocycles. The predicted octanol–water partition coefficient (Wildman–Crippen LogP) is 4.33. The first-order valence-electron chi connectivity index (χ1n) is 10.9. The Morgan fingerprint density at radius 1 is 1.25 bits per heavy atom. The van der Waals surface area contributed by atoms with Gasteiger partial charge >= 0.3 is 0 Å². The Balaban J connectivity index is 1.71.